The summed E-state index contributed by atoms with van der Waals surface area (Å²) in [6.45, 7) is 0. The van der Waals surface area contributed by atoms with Gasteiger partial charge >= 0.3 is 0 Å². The molecule has 5 aromatic rings. The molecular formula is C25H19N3O3. The maximum Gasteiger partial charge on any atom is 0.219 e. The molecule has 3 N–H and O–H groups in total. The molecule has 6 nitrogen and oxygen atoms in total. The Bertz CT molecular complexity index is 1360. The van der Waals surface area contributed by atoms with Crippen molar-refractivity contribution in [2.24, 2.45) is 0 Å². The predicted octanol–water partition coefficient (Wildman–Crippen LogP) is 4.77. The summed E-state index contributed by atoms with van der Waals surface area (Å²) in [5, 5.41) is 30.3. The first-order valence-electron chi connectivity index (χ1n) is 9.82. The number of hydrogen-bond donors (Lipinski definition) is 3. The lowest BCUT2D eigenvalue weighted by atomic mass is 10.1. The molecule has 0 unspecified atom stereocenters. The van der Waals surface area contributed by atoms with Crippen LogP contribution in [0, 0.1) is 0 Å². The van der Waals surface area contributed by atoms with Crippen molar-refractivity contribution in [3.8, 4) is 39.9 Å². The minimum atomic E-state index is 0.0568. The van der Waals surface area contributed by atoms with E-state index in [-0.39, 0.29) is 17.4 Å². The number of aromatic nitrogens is 3. The van der Waals surface area contributed by atoms with E-state index in [2.05, 4.69) is 0 Å². The SMILES string of the molecule is Oc1ccc(-c2cn3c(O)c(Cc4ccccc4)nc3c(-c3ccc(O)cc3)n2)cc1. The van der Waals surface area contributed by atoms with E-state index in [0.29, 0.717) is 29.1 Å². The van der Waals surface area contributed by atoms with Gasteiger partial charge in [0.05, 0.1) is 5.69 Å². The van der Waals surface area contributed by atoms with Gasteiger partial charge in [-0.3, -0.25) is 4.40 Å². The van der Waals surface area contributed by atoms with Crippen molar-refractivity contribution in [1.29, 1.82) is 0 Å². The van der Waals surface area contributed by atoms with Gasteiger partial charge in [0, 0.05) is 23.7 Å². The largest absolute Gasteiger partial charge is 0.508 e. The van der Waals surface area contributed by atoms with E-state index in [1.807, 2.05) is 30.3 Å². The Morgan fingerprint density at radius 2 is 1.29 bits per heavy atom. The summed E-state index contributed by atoms with van der Waals surface area (Å²) in [5.41, 5.74) is 4.87. The summed E-state index contributed by atoms with van der Waals surface area (Å²) < 4.78 is 1.63. The molecule has 0 fully saturated rings. The fourth-order valence-corrected chi connectivity index (χ4v) is 3.57. The van der Waals surface area contributed by atoms with Crippen LogP contribution in [0.1, 0.15) is 11.3 Å². The monoisotopic (exact) mass is 409 g/mol. The molecule has 0 saturated carbocycles. The number of nitrogens with zero attached hydrogens (tertiary/aromatic N) is 3. The van der Waals surface area contributed by atoms with Gasteiger partial charge in [-0.05, 0) is 54.1 Å². The first-order valence-corrected chi connectivity index (χ1v) is 9.82. The van der Waals surface area contributed by atoms with Crippen LogP contribution in [0.15, 0.2) is 85.1 Å². The second kappa shape index (κ2) is 7.50. The Labute approximate surface area is 178 Å². The van der Waals surface area contributed by atoms with Gasteiger partial charge < -0.3 is 15.3 Å². The minimum Gasteiger partial charge on any atom is -0.508 e. The number of hydrogen-bond acceptors (Lipinski definition) is 5. The molecule has 2 aromatic heterocycles. The van der Waals surface area contributed by atoms with Crippen LogP contribution in [0.4, 0.5) is 0 Å². The van der Waals surface area contributed by atoms with Gasteiger partial charge in [0.15, 0.2) is 5.65 Å². The molecule has 0 amide bonds. The summed E-state index contributed by atoms with van der Waals surface area (Å²) in [4.78, 5) is 9.51. The maximum absolute atomic E-state index is 11.0. The molecule has 0 aliphatic heterocycles. The van der Waals surface area contributed by atoms with E-state index >= 15 is 0 Å². The molecule has 152 valence electrons. The van der Waals surface area contributed by atoms with Crippen molar-refractivity contribution >= 4 is 5.65 Å². The first-order chi connectivity index (χ1) is 15.1. The van der Waals surface area contributed by atoms with Crippen molar-refractivity contribution in [2.75, 3.05) is 0 Å². The summed E-state index contributed by atoms with van der Waals surface area (Å²) in [6.07, 6.45) is 2.22. The lowest BCUT2D eigenvalue weighted by molar-refractivity contribution is 0.442. The van der Waals surface area contributed by atoms with Gasteiger partial charge in [-0.25, -0.2) is 9.97 Å². The average molecular weight is 409 g/mol. The zero-order chi connectivity index (χ0) is 21.4. The molecule has 0 atom stereocenters. The number of fused-ring (bicyclic) bond motifs is 1. The number of benzene rings is 3. The van der Waals surface area contributed by atoms with Gasteiger partial charge in [-0.2, -0.15) is 0 Å². The van der Waals surface area contributed by atoms with E-state index in [4.69, 9.17) is 9.97 Å². The minimum absolute atomic E-state index is 0.0568. The molecule has 0 bridgehead atoms. The quantitative estimate of drug-likeness (QED) is 0.398. The van der Waals surface area contributed by atoms with Crippen molar-refractivity contribution in [3.05, 3.63) is 96.3 Å². The normalized spacial score (nSPS) is 11.1. The maximum atomic E-state index is 11.0. The summed E-state index contributed by atoms with van der Waals surface area (Å²) in [5.74, 6) is 0.380. The number of rotatable bonds is 4. The number of aromatic hydroxyl groups is 3. The predicted molar refractivity (Wildman–Crippen MR) is 118 cm³/mol. The molecule has 0 saturated heterocycles. The molecule has 2 heterocycles. The lowest BCUT2D eigenvalue weighted by Crippen LogP contribution is -1.96. The summed E-state index contributed by atoms with van der Waals surface area (Å²) in [7, 11) is 0. The van der Waals surface area contributed by atoms with E-state index in [1.165, 1.54) is 0 Å². The Morgan fingerprint density at radius 1 is 0.677 bits per heavy atom. The molecule has 0 aliphatic carbocycles. The van der Waals surface area contributed by atoms with E-state index in [0.717, 1.165) is 16.7 Å². The topological polar surface area (TPSA) is 90.9 Å². The molecule has 0 aliphatic rings. The zero-order valence-corrected chi connectivity index (χ0v) is 16.5. The first kappa shape index (κ1) is 18.7. The second-order valence-corrected chi connectivity index (χ2v) is 7.31. The standard InChI is InChI=1S/C25H19N3O3/c29-19-10-6-17(7-11-19)22-15-28-24(23(26-22)18-8-12-20(30)13-9-18)27-21(25(28)31)14-16-4-2-1-3-5-16/h1-13,15,29-31H,14H2. The van der Waals surface area contributed by atoms with Crippen LogP contribution in [0.5, 0.6) is 17.4 Å². The van der Waals surface area contributed by atoms with Crippen LogP contribution in [-0.4, -0.2) is 29.7 Å². The van der Waals surface area contributed by atoms with Crippen LogP contribution >= 0.6 is 0 Å². The Kier molecular flexibility index (Phi) is 4.52. The van der Waals surface area contributed by atoms with Crippen molar-refractivity contribution < 1.29 is 15.3 Å². The molecule has 0 spiro atoms. The van der Waals surface area contributed by atoms with Crippen LogP contribution in [0.25, 0.3) is 28.2 Å². The fourth-order valence-electron chi connectivity index (χ4n) is 3.57. The molecule has 6 heteroatoms. The smallest absolute Gasteiger partial charge is 0.219 e. The Hall–Kier alpha value is -4.32. The Balaban J connectivity index is 1.72. The fraction of sp³-hybridized carbons (Fsp3) is 0.0400. The molecule has 31 heavy (non-hydrogen) atoms. The van der Waals surface area contributed by atoms with Crippen molar-refractivity contribution in [3.63, 3.8) is 0 Å². The van der Waals surface area contributed by atoms with Gasteiger partial charge in [0.1, 0.15) is 22.9 Å². The van der Waals surface area contributed by atoms with Gasteiger partial charge in [-0.1, -0.05) is 30.3 Å². The van der Waals surface area contributed by atoms with Crippen LogP contribution in [0.3, 0.4) is 0 Å². The third-order valence-corrected chi connectivity index (χ3v) is 5.17. The van der Waals surface area contributed by atoms with Crippen LogP contribution in [0.2, 0.25) is 0 Å². The highest BCUT2D eigenvalue weighted by Crippen LogP contribution is 2.32. The van der Waals surface area contributed by atoms with Crippen molar-refractivity contribution in [2.45, 2.75) is 6.42 Å². The van der Waals surface area contributed by atoms with E-state index in [1.54, 1.807) is 59.1 Å². The zero-order valence-electron chi connectivity index (χ0n) is 16.5. The average Bonchev–Trinajstić information content (AvgIpc) is 3.10. The highest BCUT2D eigenvalue weighted by atomic mass is 16.3. The lowest BCUT2D eigenvalue weighted by Gasteiger charge is -2.09. The van der Waals surface area contributed by atoms with E-state index in [9.17, 15) is 15.3 Å². The summed E-state index contributed by atoms with van der Waals surface area (Å²) >= 11 is 0. The third kappa shape index (κ3) is 3.55. The number of phenolic OH excluding ortho intramolecular Hbond substituents is 2. The van der Waals surface area contributed by atoms with Crippen molar-refractivity contribution in [1.82, 2.24) is 14.4 Å². The Morgan fingerprint density at radius 3 is 1.94 bits per heavy atom. The molecular weight excluding hydrogens is 390 g/mol. The molecule has 5 rings (SSSR count). The third-order valence-electron chi connectivity index (χ3n) is 5.17. The summed E-state index contributed by atoms with van der Waals surface area (Å²) in [6, 6.07) is 23.3. The number of phenols is 2. The van der Waals surface area contributed by atoms with Gasteiger partial charge in [0.25, 0.3) is 0 Å². The second-order valence-electron chi connectivity index (χ2n) is 7.31. The number of imidazole rings is 1. The van der Waals surface area contributed by atoms with Crippen LogP contribution < -0.4 is 0 Å². The highest BCUT2D eigenvalue weighted by molar-refractivity contribution is 5.78. The van der Waals surface area contributed by atoms with E-state index < -0.39 is 0 Å². The molecule has 3 aromatic carbocycles. The van der Waals surface area contributed by atoms with Crippen LogP contribution in [-0.2, 0) is 6.42 Å². The molecule has 0 radical (unpaired) electrons. The van der Waals surface area contributed by atoms with Gasteiger partial charge in [-0.15, -0.1) is 0 Å². The highest BCUT2D eigenvalue weighted by Gasteiger charge is 2.18. The van der Waals surface area contributed by atoms with Gasteiger partial charge in [0.2, 0.25) is 5.88 Å².